The van der Waals surface area contributed by atoms with Crippen molar-refractivity contribution in [3.05, 3.63) is 36.3 Å². The maximum atomic E-state index is 12.0. The van der Waals surface area contributed by atoms with E-state index in [4.69, 9.17) is 0 Å². The molecule has 2 heterocycles. The van der Waals surface area contributed by atoms with Crippen LogP contribution in [0.25, 0.3) is 5.65 Å². The zero-order chi connectivity index (χ0) is 10.1. The maximum Gasteiger partial charge on any atom is 0.302 e. The number of imidazole rings is 1. The Morgan fingerprint density at radius 3 is 2.86 bits per heavy atom. The lowest BCUT2D eigenvalue weighted by Crippen LogP contribution is -2.10. The minimum atomic E-state index is -3.00. The Kier molecular flexibility index (Phi) is 1.99. The van der Waals surface area contributed by atoms with Crippen LogP contribution in [0, 0.1) is 0 Å². The van der Waals surface area contributed by atoms with E-state index in [1.807, 2.05) is 0 Å². The average Bonchev–Trinajstić information content (AvgIpc) is 2.59. The first kappa shape index (κ1) is 8.80. The van der Waals surface area contributed by atoms with E-state index in [2.05, 4.69) is 4.98 Å². The van der Waals surface area contributed by atoms with Gasteiger partial charge in [-0.3, -0.25) is 4.79 Å². The molecule has 2 aromatic heterocycles. The Labute approximate surface area is 78.0 Å². The van der Waals surface area contributed by atoms with Crippen LogP contribution in [-0.4, -0.2) is 21.6 Å². The number of hydrogen-bond donors (Lipinski definition) is 0. The van der Waals surface area contributed by atoms with E-state index in [9.17, 15) is 13.6 Å². The van der Waals surface area contributed by atoms with Crippen LogP contribution in [0.4, 0.5) is 8.78 Å². The number of nitrogens with zero attached hydrogens (tertiary/aromatic N) is 2. The van der Waals surface area contributed by atoms with E-state index in [1.54, 1.807) is 24.4 Å². The van der Waals surface area contributed by atoms with Crippen LogP contribution in [0.3, 0.4) is 0 Å². The molecule has 0 aromatic carbocycles. The number of carbonyl (C=O) groups is 1. The predicted octanol–water partition coefficient (Wildman–Crippen LogP) is 1.78. The topological polar surface area (TPSA) is 34.4 Å². The maximum absolute atomic E-state index is 12.0. The van der Waals surface area contributed by atoms with E-state index >= 15 is 0 Å². The lowest BCUT2D eigenvalue weighted by molar-refractivity contribution is 0.0674. The van der Waals surface area contributed by atoms with Gasteiger partial charge in [-0.2, -0.15) is 0 Å². The van der Waals surface area contributed by atoms with E-state index in [0.717, 1.165) is 0 Å². The number of halogens is 2. The second-order valence-electron chi connectivity index (χ2n) is 2.76. The summed E-state index contributed by atoms with van der Waals surface area (Å²) in [4.78, 5) is 14.7. The van der Waals surface area contributed by atoms with Crippen LogP contribution in [0.1, 0.15) is 10.5 Å². The average molecular weight is 196 g/mol. The summed E-state index contributed by atoms with van der Waals surface area (Å²) in [5.41, 5.74) is 0.280. The van der Waals surface area contributed by atoms with Crippen LogP contribution in [0.15, 0.2) is 30.6 Å². The molecule has 0 saturated heterocycles. The highest BCUT2D eigenvalue weighted by molar-refractivity contribution is 5.97. The molecule has 3 nitrogen and oxygen atoms in total. The fourth-order valence-corrected chi connectivity index (χ4v) is 1.17. The van der Waals surface area contributed by atoms with Crippen molar-refractivity contribution in [2.75, 3.05) is 0 Å². The third-order valence-corrected chi connectivity index (χ3v) is 1.81. The normalized spacial score (nSPS) is 11.1. The SMILES string of the molecule is O=C(c1cn2ccccc2n1)C(F)F. The molecule has 0 N–H and O–H groups in total. The quantitative estimate of drug-likeness (QED) is 0.686. The molecule has 5 heteroatoms. The molecule has 0 bridgehead atoms. The van der Waals surface area contributed by atoms with Gasteiger partial charge in [0.25, 0.3) is 0 Å². The van der Waals surface area contributed by atoms with Gasteiger partial charge < -0.3 is 4.40 Å². The second-order valence-corrected chi connectivity index (χ2v) is 2.76. The van der Waals surface area contributed by atoms with Crippen LogP contribution < -0.4 is 0 Å². The summed E-state index contributed by atoms with van der Waals surface area (Å²) in [5.74, 6) is -1.24. The standard InChI is InChI=1S/C9H6F2N2O/c10-9(11)8(14)6-5-13-4-2-1-3-7(13)12-6/h1-5,9H. The fraction of sp³-hybridized carbons (Fsp3) is 0.111. The molecule has 72 valence electrons. The molecule has 2 rings (SSSR count). The minimum Gasteiger partial charge on any atom is -0.306 e. The van der Waals surface area contributed by atoms with Gasteiger partial charge in [0.05, 0.1) is 0 Å². The molecule has 0 unspecified atom stereocenters. The summed E-state index contributed by atoms with van der Waals surface area (Å²) in [6.45, 7) is 0. The molecule has 14 heavy (non-hydrogen) atoms. The zero-order valence-corrected chi connectivity index (χ0v) is 7.02. The first-order valence-electron chi connectivity index (χ1n) is 3.94. The lowest BCUT2D eigenvalue weighted by atomic mass is 10.3. The van der Waals surface area contributed by atoms with Gasteiger partial charge in [0, 0.05) is 12.4 Å². The molecule has 0 aliphatic carbocycles. The highest BCUT2D eigenvalue weighted by Gasteiger charge is 2.20. The first-order valence-corrected chi connectivity index (χ1v) is 3.94. The number of fused-ring (bicyclic) bond motifs is 1. The Morgan fingerprint density at radius 1 is 1.43 bits per heavy atom. The van der Waals surface area contributed by atoms with E-state index in [-0.39, 0.29) is 5.69 Å². The van der Waals surface area contributed by atoms with E-state index in [0.29, 0.717) is 5.65 Å². The van der Waals surface area contributed by atoms with Crippen molar-refractivity contribution in [1.82, 2.24) is 9.38 Å². The number of alkyl halides is 2. The number of Topliss-reactive ketones (excluding diaryl/α,β-unsaturated/α-hetero) is 1. The van der Waals surface area contributed by atoms with Crippen LogP contribution in [0.5, 0.6) is 0 Å². The van der Waals surface area contributed by atoms with Crippen LogP contribution in [0.2, 0.25) is 0 Å². The van der Waals surface area contributed by atoms with Crippen molar-refractivity contribution in [1.29, 1.82) is 0 Å². The molecule has 0 aliphatic heterocycles. The molecule has 0 amide bonds. The van der Waals surface area contributed by atoms with Crippen molar-refractivity contribution >= 4 is 11.4 Å². The van der Waals surface area contributed by atoms with E-state index in [1.165, 1.54) is 10.6 Å². The summed E-state index contributed by atoms with van der Waals surface area (Å²) >= 11 is 0. The van der Waals surface area contributed by atoms with Crippen molar-refractivity contribution < 1.29 is 13.6 Å². The number of ketones is 1. The molecular weight excluding hydrogens is 190 g/mol. The highest BCUT2D eigenvalue weighted by atomic mass is 19.3. The van der Waals surface area contributed by atoms with Crippen molar-refractivity contribution in [2.45, 2.75) is 6.43 Å². The highest BCUT2D eigenvalue weighted by Crippen LogP contribution is 2.08. The van der Waals surface area contributed by atoms with Gasteiger partial charge in [-0.05, 0) is 12.1 Å². The molecular formula is C9H6F2N2O. The summed E-state index contributed by atoms with van der Waals surface area (Å²) in [5, 5.41) is 0. The largest absolute Gasteiger partial charge is 0.306 e. The first-order chi connectivity index (χ1) is 6.68. The van der Waals surface area contributed by atoms with Gasteiger partial charge in [0.1, 0.15) is 11.3 Å². The van der Waals surface area contributed by atoms with Crippen LogP contribution >= 0.6 is 0 Å². The Hall–Kier alpha value is -1.78. The van der Waals surface area contributed by atoms with Gasteiger partial charge in [0.15, 0.2) is 0 Å². The molecule has 0 saturated carbocycles. The molecule has 0 fully saturated rings. The monoisotopic (exact) mass is 196 g/mol. The Morgan fingerprint density at radius 2 is 2.21 bits per heavy atom. The molecule has 0 spiro atoms. The number of hydrogen-bond acceptors (Lipinski definition) is 2. The van der Waals surface area contributed by atoms with E-state index < -0.39 is 12.2 Å². The van der Waals surface area contributed by atoms with Gasteiger partial charge in [0.2, 0.25) is 5.78 Å². The number of rotatable bonds is 2. The van der Waals surface area contributed by atoms with Gasteiger partial charge in [-0.1, -0.05) is 6.07 Å². The molecule has 2 aromatic rings. The number of aromatic nitrogens is 2. The smallest absolute Gasteiger partial charge is 0.302 e. The molecule has 0 atom stereocenters. The Balaban J connectivity index is 2.50. The Bertz CT molecular complexity index is 445. The number of pyridine rings is 1. The van der Waals surface area contributed by atoms with Gasteiger partial charge in [-0.25, -0.2) is 13.8 Å². The molecule has 0 radical (unpaired) electrons. The molecule has 0 aliphatic rings. The zero-order valence-electron chi connectivity index (χ0n) is 7.02. The van der Waals surface area contributed by atoms with Crippen molar-refractivity contribution in [3.63, 3.8) is 0 Å². The van der Waals surface area contributed by atoms with Gasteiger partial charge in [-0.15, -0.1) is 0 Å². The minimum absolute atomic E-state index is 0.203. The fourth-order valence-electron chi connectivity index (χ4n) is 1.17. The summed E-state index contributed by atoms with van der Waals surface area (Å²) in [6.07, 6.45) is -0.0612. The lowest BCUT2D eigenvalue weighted by Gasteiger charge is -1.90. The van der Waals surface area contributed by atoms with Crippen molar-refractivity contribution in [2.24, 2.45) is 0 Å². The third-order valence-electron chi connectivity index (χ3n) is 1.81. The van der Waals surface area contributed by atoms with Crippen molar-refractivity contribution in [3.8, 4) is 0 Å². The number of carbonyl (C=O) groups excluding carboxylic acids is 1. The third kappa shape index (κ3) is 1.37. The van der Waals surface area contributed by atoms with Crippen LogP contribution in [-0.2, 0) is 0 Å². The van der Waals surface area contributed by atoms with Gasteiger partial charge >= 0.3 is 6.43 Å². The predicted molar refractivity (Wildman–Crippen MR) is 45.5 cm³/mol. The summed E-state index contributed by atoms with van der Waals surface area (Å²) < 4.78 is 25.6. The summed E-state index contributed by atoms with van der Waals surface area (Å²) in [7, 11) is 0. The summed E-state index contributed by atoms with van der Waals surface area (Å²) in [6, 6.07) is 5.09. The second kappa shape index (κ2) is 3.17.